The molecule has 0 saturated carbocycles. The molecule has 134 valence electrons. The summed E-state index contributed by atoms with van der Waals surface area (Å²) in [6.45, 7) is 11.9. The van der Waals surface area contributed by atoms with Crippen molar-refractivity contribution in [3.8, 4) is 5.69 Å². The highest BCUT2D eigenvalue weighted by Gasteiger charge is 2.30. The molecule has 5 heteroatoms. The molecule has 0 unspecified atom stereocenters. The van der Waals surface area contributed by atoms with Crippen molar-refractivity contribution in [2.45, 2.75) is 33.6 Å². The van der Waals surface area contributed by atoms with Gasteiger partial charge in [0.2, 0.25) is 0 Å². The molecule has 1 saturated heterocycles. The smallest absolute Gasteiger partial charge is 0.258 e. The van der Waals surface area contributed by atoms with E-state index in [9.17, 15) is 4.79 Å². The minimum absolute atomic E-state index is 0.132. The molecule has 1 N–H and O–H groups in total. The first-order chi connectivity index (χ1) is 11.9. The largest absolute Gasteiger partial charge is 0.334 e. The van der Waals surface area contributed by atoms with Gasteiger partial charge in [0.1, 0.15) is 0 Å². The first-order valence-electron chi connectivity index (χ1n) is 9.15. The number of rotatable bonds is 3. The molecule has 1 aromatic carbocycles. The highest BCUT2D eigenvalue weighted by atomic mass is 16.2. The van der Waals surface area contributed by atoms with Crippen LogP contribution in [0.15, 0.2) is 24.3 Å². The number of aryl methyl sites for hydroxylation is 2. The van der Waals surface area contributed by atoms with Crippen LogP contribution < -0.4 is 4.90 Å². The third-order valence-corrected chi connectivity index (χ3v) is 5.04. The Kier molecular flexibility index (Phi) is 4.95. The molecule has 0 atom stereocenters. The van der Waals surface area contributed by atoms with E-state index in [2.05, 4.69) is 52.1 Å². The quantitative estimate of drug-likeness (QED) is 0.921. The third-order valence-electron chi connectivity index (χ3n) is 5.04. The highest BCUT2D eigenvalue weighted by molar-refractivity contribution is 5.97. The second-order valence-corrected chi connectivity index (χ2v) is 7.50. The van der Waals surface area contributed by atoms with Gasteiger partial charge in [-0.2, -0.15) is 5.10 Å². The number of benzene rings is 1. The van der Waals surface area contributed by atoms with Crippen molar-refractivity contribution < 1.29 is 9.69 Å². The number of carbonyl (C=O) groups is 1. The van der Waals surface area contributed by atoms with Crippen molar-refractivity contribution in [3.05, 3.63) is 46.8 Å². The van der Waals surface area contributed by atoms with Crippen LogP contribution in [0.3, 0.4) is 0 Å². The first kappa shape index (κ1) is 17.7. The van der Waals surface area contributed by atoms with Gasteiger partial charge in [-0.3, -0.25) is 4.79 Å². The van der Waals surface area contributed by atoms with Crippen LogP contribution in [0.5, 0.6) is 0 Å². The predicted octanol–water partition coefficient (Wildman–Crippen LogP) is 1.58. The molecule has 25 heavy (non-hydrogen) atoms. The topological polar surface area (TPSA) is 42.6 Å². The average molecular weight is 341 g/mol. The highest BCUT2D eigenvalue weighted by Crippen LogP contribution is 2.27. The van der Waals surface area contributed by atoms with Gasteiger partial charge in [0.05, 0.1) is 55.9 Å². The molecule has 0 aliphatic carbocycles. The maximum Gasteiger partial charge on any atom is 0.258 e. The molecule has 5 nitrogen and oxygen atoms in total. The monoisotopic (exact) mass is 341 g/mol. The van der Waals surface area contributed by atoms with E-state index in [1.165, 1.54) is 10.5 Å². The van der Waals surface area contributed by atoms with Crippen LogP contribution in [0.4, 0.5) is 0 Å². The summed E-state index contributed by atoms with van der Waals surface area (Å²) < 4.78 is 1.95. The van der Waals surface area contributed by atoms with E-state index >= 15 is 0 Å². The van der Waals surface area contributed by atoms with Gasteiger partial charge >= 0.3 is 0 Å². The fourth-order valence-corrected chi connectivity index (χ4v) is 3.48. The van der Waals surface area contributed by atoms with Gasteiger partial charge in [-0.1, -0.05) is 31.5 Å². The fraction of sp³-hybridized carbons (Fsp3) is 0.500. The number of carbonyl (C=O) groups excluding carboxylic acids is 1. The lowest BCUT2D eigenvalue weighted by atomic mass is 10.0. The van der Waals surface area contributed by atoms with E-state index < -0.39 is 0 Å². The zero-order valence-corrected chi connectivity index (χ0v) is 16.0. The Morgan fingerprint density at radius 1 is 1.12 bits per heavy atom. The Hall–Kier alpha value is -2.14. The maximum absolute atomic E-state index is 13.2. The fourth-order valence-electron chi connectivity index (χ4n) is 3.48. The summed E-state index contributed by atoms with van der Waals surface area (Å²) in [6.07, 6.45) is 0. The summed E-state index contributed by atoms with van der Waals surface area (Å²) in [7, 11) is 2.18. The first-order valence-corrected chi connectivity index (χ1v) is 9.15. The van der Waals surface area contributed by atoms with Crippen LogP contribution in [0.25, 0.3) is 5.69 Å². The van der Waals surface area contributed by atoms with Crippen LogP contribution in [-0.2, 0) is 0 Å². The van der Waals surface area contributed by atoms with Crippen molar-refractivity contribution in [2.24, 2.45) is 0 Å². The summed E-state index contributed by atoms with van der Waals surface area (Å²) in [5.41, 5.74) is 4.85. The number of piperazine rings is 1. The van der Waals surface area contributed by atoms with Crippen LogP contribution in [0.2, 0.25) is 0 Å². The molecular weight excluding hydrogens is 312 g/mol. The lowest BCUT2D eigenvalue weighted by Crippen LogP contribution is -3.12. The van der Waals surface area contributed by atoms with E-state index in [0.29, 0.717) is 0 Å². The van der Waals surface area contributed by atoms with Crippen molar-refractivity contribution >= 4 is 5.91 Å². The maximum atomic E-state index is 13.2. The Labute approximate surface area is 150 Å². The van der Waals surface area contributed by atoms with E-state index in [1.54, 1.807) is 0 Å². The van der Waals surface area contributed by atoms with Crippen LogP contribution in [0.1, 0.15) is 47.1 Å². The average Bonchev–Trinajstić information content (AvgIpc) is 2.93. The number of hydrogen-bond donors (Lipinski definition) is 1. The molecular formula is C20H29N4O+. The van der Waals surface area contributed by atoms with Crippen LogP contribution in [0, 0.1) is 13.8 Å². The molecule has 1 amide bonds. The van der Waals surface area contributed by atoms with Gasteiger partial charge in [0, 0.05) is 0 Å². The number of nitrogens with one attached hydrogen (secondary N) is 1. The summed E-state index contributed by atoms with van der Waals surface area (Å²) >= 11 is 0. The number of quaternary nitrogens is 1. The van der Waals surface area contributed by atoms with E-state index in [1.807, 2.05) is 16.5 Å². The van der Waals surface area contributed by atoms with Crippen molar-refractivity contribution in [2.75, 3.05) is 33.2 Å². The number of likely N-dealkylation sites (N-methyl/N-ethyl adjacent to an activating group) is 1. The molecule has 3 rings (SSSR count). The van der Waals surface area contributed by atoms with Gasteiger partial charge in [0.25, 0.3) is 5.91 Å². The number of nitrogens with zero attached hydrogens (tertiary/aromatic N) is 3. The summed E-state index contributed by atoms with van der Waals surface area (Å²) in [4.78, 5) is 16.7. The predicted molar refractivity (Wildman–Crippen MR) is 99.7 cm³/mol. The third kappa shape index (κ3) is 3.47. The zero-order valence-electron chi connectivity index (χ0n) is 16.0. The van der Waals surface area contributed by atoms with Crippen molar-refractivity contribution in [1.82, 2.24) is 14.7 Å². The molecule has 1 aliphatic rings. The van der Waals surface area contributed by atoms with E-state index in [-0.39, 0.29) is 11.8 Å². The second-order valence-electron chi connectivity index (χ2n) is 7.50. The van der Waals surface area contributed by atoms with Gasteiger partial charge in [0.15, 0.2) is 0 Å². The summed E-state index contributed by atoms with van der Waals surface area (Å²) in [6, 6.07) is 8.31. The van der Waals surface area contributed by atoms with Gasteiger partial charge in [-0.25, -0.2) is 4.68 Å². The second kappa shape index (κ2) is 7.00. The Morgan fingerprint density at radius 2 is 1.72 bits per heavy atom. The van der Waals surface area contributed by atoms with Crippen LogP contribution >= 0.6 is 0 Å². The van der Waals surface area contributed by atoms with Gasteiger partial charge < -0.3 is 9.80 Å². The van der Waals surface area contributed by atoms with Crippen molar-refractivity contribution in [1.29, 1.82) is 0 Å². The number of aromatic nitrogens is 2. The minimum Gasteiger partial charge on any atom is -0.334 e. The van der Waals surface area contributed by atoms with Crippen molar-refractivity contribution in [3.63, 3.8) is 0 Å². The van der Waals surface area contributed by atoms with E-state index in [0.717, 1.165) is 48.8 Å². The summed E-state index contributed by atoms with van der Waals surface area (Å²) in [5.74, 6) is 0.353. The summed E-state index contributed by atoms with van der Waals surface area (Å²) in [5, 5.41) is 4.73. The SMILES string of the molecule is Cc1ccc(-n2nc(C)c(C(=O)N3CC[NH+](C)CC3)c2C(C)C)cc1. The minimum atomic E-state index is 0.132. The van der Waals surface area contributed by atoms with Gasteiger partial charge in [-0.05, 0) is 31.9 Å². The number of amides is 1. The van der Waals surface area contributed by atoms with Gasteiger partial charge in [-0.15, -0.1) is 0 Å². The lowest BCUT2D eigenvalue weighted by molar-refractivity contribution is -0.883. The van der Waals surface area contributed by atoms with E-state index in [4.69, 9.17) is 5.10 Å². The molecule has 0 spiro atoms. The van der Waals surface area contributed by atoms with Crippen LogP contribution in [-0.4, -0.2) is 53.8 Å². The lowest BCUT2D eigenvalue weighted by Gasteiger charge is -2.30. The Morgan fingerprint density at radius 3 is 2.28 bits per heavy atom. The molecule has 0 radical (unpaired) electrons. The molecule has 1 fully saturated rings. The molecule has 0 bridgehead atoms. The normalized spacial score (nSPS) is 15.8. The molecule has 2 aromatic rings. The standard InChI is InChI=1S/C20H28N4O/c1-14(2)19-18(20(25)23-12-10-22(5)11-13-23)16(4)21-24(19)17-8-6-15(3)7-9-17/h6-9,14H,10-13H2,1-5H3/p+1. The Balaban J connectivity index is 2.02. The number of hydrogen-bond acceptors (Lipinski definition) is 2. The molecule has 1 aromatic heterocycles. The zero-order chi connectivity index (χ0) is 18.1. The molecule has 1 aliphatic heterocycles. The Bertz CT molecular complexity index is 753. The molecule has 2 heterocycles.